The van der Waals surface area contributed by atoms with E-state index in [0.29, 0.717) is 18.8 Å². The summed E-state index contributed by atoms with van der Waals surface area (Å²) < 4.78 is 0. The molecule has 180 valence electrons. The van der Waals surface area contributed by atoms with Crippen molar-refractivity contribution in [2.45, 2.75) is 65.3 Å². The van der Waals surface area contributed by atoms with Crippen molar-refractivity contribution in [1.82, 2.24) is 4.90 Å². The van der Waals surface area contributed by atoms with Crippen molar-refractivity contribution in [3.63, 3.8) is 0 Å². The highest BCUT2D eigenvalue weighted by molar-refractivity contribution is 5.78. The third-order valence-electron chi connectivity index (χ3n) is 9.00. The van der Waals surface area contributed by atoms with Crippen LogP contribution in [0.15, 0.2) is 18.2 Å². The number of rotatable bonds is 6. The molecule has 1 N–H and O–H groups in total. The van der Waals surface area contributed by atoms with Gasteiger partial charge in [-0.3, -0.25) is 14.9 Å². The first-order valence-corrected chi connectivity index (χ1v) is 12.8. The number of amides is 1. The van der Waals surface area contributed by atoms with E-state index in [1.54, 1.807) is 6.07 Å². The molecule has 1 heterocycles. The number of carbonyl (C=O) groups is 1. The number of hydrogen-bond acceptors (Lipinski definition) is 5. The molecule has 0 aromatic heterocycles. The van der Waals surface area contributed by atoms with Crippen molar-refractivity contribution in [2.24, 2.45) is 29.1 Å². The molecule has 1 saturated heterocycles. The smallest absolute Gasteiger partial charge is 0.292 e. The van der Waals surface area contributed by atoms with Gasteiger partial charge >= 0.3 is 0 Å². The summed E-state index contributed by atoms with van der Waals surface area (Å²) in [7, 11) is 0. The normalized spacial score (nSPS) is 31.7. The number of piperazine rings is 1. The van der Waals surface area contributed by atoms with Crippen LogP contribution in [-0.2, 0) is 4.79 Å². The second-order valence-electron chi connectivity index (χ2n) is 11.6. The summed E-state index contributed by atoms with van der Waals surface area (Å²) in [6.45, 7) is 9.02. The molecule has 4 bridgehead atoms. The second-order valence-corrected chi connectivity index (χ2v) is 11.6. The Morgan fingerprint density at radius 3 is 2.12 bits per heavy atom. The summed E-state index contributed by atoms with van der Waals surface area (Å²) in [4.78, 5) is 28.1. The minimum atomic E-state index is -0.266. The number of nitro groups is 1. The number of benzene rings is 1. The Morgan fingerprint density at radius 2 is 1.61 bits per heavy atom. The van der Waals surface area contributed by atoms with E-state index in [1.165, 1.54) is 38.5 Å². The van der Waals surface area contributed by atoms with Crippen LogP contribution >= 0.6 is 0 Å². The molecule has 1 aliphatic heterocycles. The van der Waals surface area contributed by atoms with Gasteiger partial charge in [0.2, 0.25) is 5.91 Å². The Kier molecular flexibility index (Phi) is 5.78. The Hall–Kier alpha value is -2.31. The van der Waals surface area contributed by atoms with Gasteiger partial charge in [0.1, 0.15) is 5.69 Å². The number of hydrogen-bond donors (Lipinski definition) is 1. The summed E-state index contributed by atoms with van der Waals surface area (Å²) in [5.74, 6) is 2.77. The van der Waals surface area contributed by atoms with Crippen LogP contribution in [0.5, 0.6) is 0 Å². The molecule has 5 fully saturated rings. The van der Waals surface area contributed by atoms with E-state index >= 15 is 0 Å². The average molecular weight is 455 g/mol. The van der Waals surface area contributed by atoms with Gasteiger partial charge in [-0.05, 0) is 80.8 Å². The van der Waals surface area contributed by atoms with E-state index in [0.717, 1.165) is 36.5 Å². The molecule has 0 spiro atoms. The van der Waals surface area contributed by atoms with Crippen LogP contribution in [0.4, 0.5) is 17.1 Å². The number of anilines is 2. The molecule has 4 saturated carbocycles. The van der Waals surface area contributed by atoms with Gasteiger partial charge < -0.3 is 15.1 Å². The summed E-state index contributed by atoms with van der Waals surface area (Å²) in [6.07, 6.45) is 8.00. The van der Waals surface area contributed by atoms with Gasteiger partial charge in [0.15, 0.2) is 0 Å². The lowest BCUT2D eigenvalue weighted by atomic mass is 9.48. The zero-order chi connectivity index (χ0) is 23.3. The summed E-state index contributed by atoms with van der Waals surface area (Å²) in [6, 6.07) is 5.70. The predicted octanol–water partition coefficient (Wildman–Crippen LogP) is 4.92. The first-order chi connectivity index (χ1) is 15.7. The quantitative estimate of drug-likeness (QED) is 0.488. The van der Waals surface area contributed by atoms with Crippen LogP contribution in [0, 0.1) is 39.2 Å². The first kappa shape index (κ1) is 22.5. The largest absolute Gasteiger partial charge is 0.376 e. The molecular formula is C26H38N4O3. The Morgan fingerprint density at radius 1 is 1.03 bits per heavy atom. The number of nitrogens with zero attached hydrogens (tertiary/aromatic N) is 3. The van der Waals surface area contributed by atoms with Crippen molar-refractivity contribution >= 4 is 23.0 Å². The van der Waals surface area contributed by atoms with Gasteiger partial charge in [-0.2, -0.15) is 0 Å². The van der Waals surface area contributed by atoms with Crippen LogP contribution in [-0.4, -0.2) is 48.0 Å². The maximum Gasteiger partial charge on any atom is 0.292 e. The summed E-state index contributed by atoms with van der Waals surface area (Å²) in [5.41, 5.74) is 2.07. The zero-order valence-corrected chi connectivity index (χ0v) is 20.3. The average Bonchev–Trinajstić information content (AvgIpc) is 2.77. The molecule has 0 radical (unpaired) electrons. The molecule has 6 rings (SSSR count). The highest BCUT2D eigenvalue weighted by Crippen LogP contribution is 2.61. The molecule has 1 amide bonds. The van der Waals surface area contributed by atoms with Crippen LogP contribution in [0.1, 0.15) is 59.3 Å². The zero-order valence-electron chi connectivity index (χ0n) is 20.3. The fraction of sp³-hybridized carbons (Fsp3) is 0.731. The molecule has 5 aliphatic rings. The Balaban J connectivity index is 1.33. The standard InChI is InChI=1S/C26H38N4O3/c1-17(2)25(31)29-8-6-28(7-9-29)22-4-5-24(30(32)33)23(13-22)27-18(3)26-14-19-10-20(15-26)12-21(11-19)16-26/h4-5,13,17-21,27H,6-12,14-16H2,1-3H3/t18-,19?,20?,21?,26?/m1/s1. The molecule has 1 aromatic carbocycles. The van der Waals surface area contributed by atoms with E-state index in [1.807, 2.05) is 30.9 Å². The minimum Gasteiger partial charge on any atom is -0.376 e. The topological polar surface area (TPSA) is 78.7 Å². The van der Waals surface area contributed by atoms with Crippen molar-refractivity contribution < 1.29 is 9.72 Å². The van der Waals surface area contributed by atoms with Gasteiger partial charge in [-0.25, -0.2) is 0 Å². The number of carbonyl (C=O) groups excluding carboxylic acids is 1. The van der Waals surface area contributed by atoms with E-state index in [-0.39, 0.29) is 33.9 Å². The minimum absolute atomic E-state index is 0.0119. The van der Waals surface area contributed by atoms with Crippen LogP contribution in [0.3, 0.4) is 0 Å². The SMILES string of the molecule is CC(C)C(=O)N1CCN(c2ccc([N+](=O)[O-])c(N[C@H](C)C34CC5CC(CC(C5)C3)C4)c2)CC1. The molecule has 1 atom stereocenters. The fourth-order valence-electron chi connectivity index (χ4n) is 7.64. The van der Waals surface area contributed by atoms with Gasteiger partial charge in [-0.1, -0.05) is 13.8 Å². The second kappa shape index (κ2) is 8.48. The van der Waals surface area contributed by atoms with Crippen molar-refractivity contribution in [1.29, 1.82) is 0 Å². The maximum atomic E-state index is 12.3. The lowest BCUT2D eigenvalue weighted by molar-refractivity contribution is -0.384. The van der Waals surface area contributed by atoms with Crippen molar-refractivity contribution in [3.8, 4) is 0 Å². The molecule has 4 aliphatic carbocycles. The van der Waals surface area contributed by atoms with E-state index in [4.69, 9.17) is 0 Å². The summed E-state index contributed by atoms with van der Waals surface area (Å²) >= 11 is 0. The summed E-state index contributed by atoms with van der Waals surface area (Å²) in [5, 5.41) is 15.5. The monoisotopic (exact) mass is 454 g/mol. The molecular weight excluding hydrogens is 416 g/mol. The van der Waals surface area contributed by atoms with Crippen molar-refractivity contribution in [2.75, 3.05) is 36.4 Å². The third kappa shape index (κ3) is 4.19. The van der Waals surface area contributed by atoms with Gasteiger partial charge in [0.25, 0.3) is 5.69 Å². The first-order valence-electron chi connectivity index (χ1n) is 12.8. The highest BCUT2D eigenvalue weighted by Gasteiger charge is 2.53. The molecule has 33 heavy (non-hydrogen) atoms. The predicted molar refractivity (Wildman–Crippen MR) is 130 cm³/mol. The van der Waals surface area contributed by atoms with Gasteiger partial charge in [-0.15, -0.1) is 0 Å². The Labute approximate surface area is 197 Å². The molecule has 7 heteroatoms. The number of nitro benzene ring substituents is 1. The third-order valence-corrected chi connectivity index (χ3v) is 9.00. The number of nitrogens with one attached hydrogen (secondary N) is 1. The highest BCUT2D eigenvalue weighted by atomic mass is 16.6. The van der Waals surface area contributed by atoms with Crippen LogP contribution in [0.25, 0.3) is 0 Å². The van der Waals surface area contributed by atoms with E-state index in [2.05, 4.69) is 17.1 Å². The van der Waals surface area contributed by atoms with Crippen LogP contribution in [0.2, 0.25) is 0 Å². The van der Waals surface area contributed by atoms with Gasteiger partial charge in [0.05, 0.1) is 4.92 Å². The lowest BCUT2D eigenvalue weighted by Crippen LogP contribution is -2.53. The van der Waals surface area contributed by atoms with E-state index < -0.39 is 0 Å². The van der Waals surface area contributed by atoms with E-state index in [9.17, 15) is 14.9 Å². The molecule has 7 nitrogen and oxygen atoms in total. The van der Waals surface area contributed by atoms with Gasteiger partial charge in [0, 0.05) is 49.9 Å². The lowest BCUT2D eigenvalue weighted by Gasteiger charge is -2.59. The van der Waals surface area contributed by atoms with Crippen LogP contribution < -0.4 is 10.2 Å². The maximum absolute atomic E-state index is 12.3. The van der Waals surface area contributed by atoms with Crippen molar-refractivity contribution in [3.05, 3.63) is 28.3 Å². The Bertz CT molecular complexity index is 887. The fourth-order valence-corrected chi connectivity index (χ4v) is 7.64. The molecule has 1 aromatic rings. The molecule has 0 unspecified atom stereocenters.